The molecule has 112 valence electrons. The molecule has 0 aliphatic heterocycles. The first kappa shape index (κ1) is 14.7. The lowest BCUT2D eigenvalue weighted by molar-refractivity contribution is 0.176. The molecule has 0 saturated carbocycles. The highest BCUT2D eigenvalue weighted by molar-refractivity contribution is 7.98. The normalized spacial score (nSPS) is 10.8. The van der Waals surface area contributed by atoms with Crippen molar-refractivity contribution in [1.82, 2.24) is 19.7 Å². The summed E-state index contributed by atoms with van der Waals surface area (Å²) in [6.45, 7) is 0.428. The number of para-hydroxylation sites is 1. The zero-order valence-corrected chi connectivity index (χ0v) is 13.0. The van der Waals surface area contributed by atoms with E-state index in [1.54, 1.807) is 31.3 Å². The standard InChI is InChI=1S/C16H16N4OS/c1-21-11-15-18-19-16(20(15)14-5-3-2-4-6-14)22-12-13-7-9-17-10-8-13/h2-10H,11-12H2,1H3. The fourth-order valence-electron chi connectivity index (χ4n) is 2.08. The van der Waals surface area contributed by atoms with Crippen LogP contribution in [0.4, 0.5) is 0 Å². The maximum atomic E-state index is 5.23. The number of benzene rings is 1. The third-order valence-corrected chi connectivity index (χ3v) is 4.11. The Kier molecular flexibility index (Phi) is 4.82. The van der Waals surface area contributed by atoms with Crippen molar-refractivity contribution >= 4 is 11.8 Å². The first-order valence-electron chi connectivity index (χ1n) is 6.89. The highest BCUT2D eigenvalue weighted by Gasteiger charge is 2.14. The minimum atomic E-state index is 0.428. The van der Waals surface area contributed by atoms with Crippen LogP contribution in [-0.2, 0) is 17.1 Å². The fourth-order valence-corrected chi connectivity index (χ4v) is 3.01. The van der Waals surface area contributed by atoms with E-state index in [2.05, 4.69) is 15.2 Å². The van der Waals surface area contributed by atoms with Gasteiger partial charge in [-0.1, -0.05) is 30.0 Å². The Labute approximate surface area is 133 Å². The number of nitrogens with zero attached hydrogens (tertiary/aromatic N) is 4. The summed E-state index contributed by atoms with van der Waals surface area (Å²) in [7, 11) is 1.66. The quantitative estimate of drug-likeness (QED) is 0.655. The summed E-state index contributed by atoms with van der Waals surface area (Å²) in [5.41, 5.74) is 2.24. The highest BCUT2D eigenvalue weighted by atomic mass is 32.2. The van der Waals surface area contributed by atoms with Gasteiger partial charge < -0.3 is 4.74 Å². The number of aromatic nitrogens is 4. The third kappa shape index (κ3) is 3.35. The van der Waals surface area contributed by atoms with Crippen molar-refractivity contribution in [3.8, 4) is 5.69 Å². The summed E-state index contributed by atoms with van der Waals surface area (Å²) in [5, 5.41) is 9.41. The molecule has 0 aliphatic rings. The number of ether oxygens (including phenoxy) is 1. The molecule has 2 aromatic heterocycles. The van der Waals surface area contributed by atoms with Crippen LogP contribution in [0.5, 0.6) is 0 Å². The Morgan fingerprint density at radius 1 is 1.05 bits per heavy atom. The molecule has 0 bridgehead atoms. The molecule has 3 rings (SSSR count). The van der Waals surface area contributed by atoms with Crippen LogP contribution in [0.25, 0.3) is 5.69 Å². The molecule has 22 heavy (non-hydrogen) atoms. The van der Waals surface area contributed by atoms with E-state index in [4.69, 9.17) is 4.74 Å². The molecule has 0 amide bonds. The van der Waals surface area contributed by atoms with Gasteiger partial charge in [0.25, 0.3) is 0 Å². The first-order chi connectivity index (χ1) is 10.9. The van der Waals surface area contributed by atoms with Crippen LogP contribution in [0.3, 0.4) is 0 Å². The topological polar surface area (TPSA) is 52.8 Å². The second-order valence-electron chi connectivity index (χ2n) is 4.65. The van der Waals surface area contributed by atoms with Gasteiger partial charge in [0.15, 0.2) is 11.0 Å². The Balaban J connectivity index is 1.88. The lowest BCUT2D eigenvalue weighted by Crippen LogP contribution is -2.03. The number of thioether (sulfide) groups is 1. The third-order valence-electron chi connectivity index (χ3n) is 3.11. The molecule has 3 aromatic rings. The lowest BCUT2D eigenvalue weighted by atomic mass is 10.3. The van der Waals surface area contributed by atoms with Crippen LogP contribution in [-0.4, -0.2) is 26.9 Å². The Morgan fingerprint density at radius 2 is 1.82 bits per heavy atom. The van der Waals surface area contributed by atoms with Crippen molar-refractivity contribution < 1.29 is 4.74 Å². The van der Waals surface area contributed by atoms with Crippen molar-refractivity contribution in [1.29, 1.82) is 0 Å². The van der Waals surface area contributed by atoms with Gasteiger partial charge >= 0.3 is 0 Å². The molecule has 0 radical (unpaired) electrons. The number of methoxy groups -OCH3 is 1. The molecule has 0 aliphatic carbocycles. The minimum Gasteiger partial charge on any atom is -0.377 e. The maximum absolute atomic E-state index is 5.23. The van der Waals surface area contributed by atoms with Crippen LogP contribution >= 0.6 is 11.8 Å². The van der Waals surface area contributed by atoms with Gasteiger partial charge in [-0.3, -0.25) is 9.55 Å². The van der Waals surface area contributed by atoms with Crippen LogP contribution in [0.15, 0.2) is 60.0 Å². The van der Waals surface area contributed by atoms with Gasteiger partial charge in [0.05, 0.1) is 0 Å². The molecule has 0 unspecified atom stereocenters. The average Bonchev–Trinajstić information content (AvgIpc) is 2.98. The molecular formula is C16H16N4OS. The summed E-state index contributed by atoms with van der Waals surface area (Å²) < 4.78 is 7.26. The zero-order chi connectivity index (χ0) is 15.2. The predicted octanol–water partition coefficient (Wildman–Crippen LogP) is 3.10. The molecule has 2 heterocycles. The van der Waals surface area contributed by atoms with Gasteiger partial charge in [0, 0.05) is 30.9 Å². The van der Waals surface area contributed by atoms with E-state index in [1.165, 1.54) is 5.56 Å². The van der Waals surface area contributed by atoms with Crippen molar-refractivity contribution in [3.05, 3.63) is 66.2 Å². The van der Waals surface area contributed by atoms with E-state index in [1.807, 2.05) is 47.0 Å². The van der Waals surface area contributed by atoms with Crippen LogP contribution in [0, 0.1) is 0 Å². The Morgan fingerprint density at radius 3 is 2.55 bits per heavy atom. The van der Waals surface area contributed by atoms with E-state index < -0.39 is 0 Å². The second-order valence-corrected chi connectivity index (χ2v) is 5.59. The van der Waals surface area contributed by atoms with Gasteiger partial charge in [-0.25, -0.2) is 0 Å². The second kappa shape index (κ2) is 7.20. The smallest absolute Gasteiger partial charge is 0.196 e. The van der Waals surface area contributed by atoms with E-state index in [9.17, 15) is 0 Å². The molecule has 0 spiro atoms. The van der Waals surface area contributed by atoms with E-state index in [0.29, 0.717) is 6.61 Å². The van der Waals surface area contributed by atoms with E-state index >= 15 is 0 Å². The number of rotatable bonds is 6. The first-order valence-corrected chi connectivity index (χ1v) is 7.87. The van der Waals surface area contributed by atoms with Crippen LogP contribution in [0.1, 0.15) is 11.4 Å². The zero-order valence-electron chi connectivity index (χ0n) is 12.2. The summed E-state index contributed by atoms with van der Waals surface area (Å²) in [6.07, 6.45) is 3.60. The molecule has 1 aromatic carbocycles. The van der Waals surface area contributed by atoms with E-state index in [-0.39, 0.29) is 0 Å². The van der Waals surface area contributed by atoms with E-state index in [0.717, 1.165) is 22.4 Å². The molecule has 5 nitrogen and oxygen atoms in total. The molecule has 0 saturated heterocycles. The number of hydrogen-bond acceptors (Lipinski definition) is 5. The summed E-state index contributed by atoms with van der Waals surface area (Å²) in [5.74, 6) is 1.62. The molecule has 0 fully saturated rings. The number of pyridine rings is 1. The van der Waals surface area contributed by atoms with Gasteiger partial charge in [0.2, 0.25) is 0 Å². The predicted molar refractivity (Wildman–Crippen MR) is 85.9 cm³/mol. The molecule has 6 heteroatoms. The lowest BCUT2D eigenvalue weighted by Gasteiger charge is -2.09. The monoisotopic (exact) mass is 312 g/mol. The molecular weight excluding hydrogens is 296 g/mol. The molecule has 0 atom stereocenters. The van der Waals surface area contributed by atoms with Gasteiger partial charge in [0.1, 0.15) is 6.61 Å². The van der Waals surface area contributed by atoms with Crippen molar-refractivity contribution in [3.63, 3.8) is 0 Å². The summed E-state index contributed by atoms with van der Waals surface area (Å²) in [6, 6.07) is 14.1. The van der Waals surface area contributed by atoms with Crippen molar-refractivity contribution in [2.24, 2.45) is 0 Å². The largest absolute Gasteiger partial charge is 0.377 e. The molecule has 0 N–H and O–H groups in total. The SMILES string of the molecule is COCc1nnc(SCc2ccncc2)n1-c1ccccc1. The average molecular weight is 312 g/mol. The minimum absolute atomic E-state index is 0.428. The highest BCUT2D eigenvalue weighted by Crippen LogP contribution is 2.25. The summed E-state index contributed by atoms with van der Waals surface area (Å²) in [4.78, 5) is 4.04. The van der Waals surface area contributed by atoms with Gasteiger partial charge in [-0.05, 0) is 29.8 Å². The summed E-state index contributed by atoms with van der Waals surface area (Å²) >= 11 is 1.65. The van der Waals surface area contributed by atoms with Crippen molar-refractivity contribution in [2.45, 2.75) is 17.5 Å². The van der Waals surface area contributed by atoms with Gasteiger partial charge in [-0.15, -0.1) is 10.2 Å². The van der Waals surface area contributed by atoms with Crippen LogP contribution in [0.2, 0.25) is 0 Å². The van der Waals surface area contributed by atoms with Crippen LogP contribution < -0.4 is 0 Å². The Bertz CT molecular complexity index is 716. The number of hydrogen-bond donors (Lipinski definition) is 0. The fraction of sp³-hybridized carbons (Fsp3) is 0.188. The maximum Gasteiger partial charge on any atom is 0.196 e. The van der Waals surface area contributed by atoms with Crippen molar-refractivity contribution in [2.75, 3.05) is 7.11 Å². The Hall–Kier alpha value is -2.18. The van der Waals surface area contributed by atoms with Gasteiger partial charge in [-0.2, -0.15) is 0 Å².